The van der Waals surface area contributed by atoms with Gasteiger partial charge in [-0.05, 0) is 44.1 Å². The molecule has 3 rings (SSSR count). The molecule has 1 aromatic rings. The number of hydrogen-bond donors (Lipinski definition) is 0. The molecule has 0 bridgehead atoms. The lowest BCUT2D eigenvalue weighted by molar-refractivity contribution is -0.137. The highest BCUT2D eigenvalue weighted by Crippen LogP contribution is 2.43. The van der Waals surface area contributed by atoms with Crippen molar-refractivity contribution in [3.8, 4) is 0 Å². The van der Waals surface area contributed by atoms with Gasteiger partial charge in [-0.3, -0.25) is 9.59 Å². The summed E-state index contributed by atoms with van der Waals surface area (Å²) in [6.45, 7) is 4.00. The quantitative estimate of drug-likeness (QED) is 0.794. The molecular formula is C17H22N2O2S. The van der Waals surface area contributed by atoms with E-state index in [1.165, 1.54) is 35.6 Å². The molecule has 1 aromatic heterocycles. The fraction of sp³-hybridized carbons (Fsp3) is 0.588. The third-order valence-electron chi connectivity index (χ3n) is 5.26. The molecular weight excluding hydrogens is 296 g/mol. The minimum absolute atomic E-state index is 0.000444. The van der Waals surface area contributed by atoms with E-state index in [1.807, 2.05) is 24.6 Å². The number of nitrogens with zero attached hydrogens (tertiary/aromatic N) is 2. The molecule has 0 radical (unpaired) electrons. The van der Waals surface area contributed by atoms with Crippen LogP contribution in [0.15, 0.2) is 21.9 Å². The zero-order valence-corrected chi connectivity index (χ0v) is 14.0. The van der Waals surface area contributed by atoms with Crippen LogP contribution in [0.1, 0.15) is 56.3 Å². The van der Waals surface area contributed by atoms with Gasteiger partial charge in [-0.15, -0.1) is 0 Å². The number of hydrazone groups is 1. The molecule has 0 N–H and O–H groups in total. The van der Waals surface area contributed by atoms with Gasteiger partial charge in [0, 0.05) is 10.9 Å². The van der Waals surface area contributed by atoms with E-state index in [4.69, 9.17) is 0 Å². The largest absolute Gasteiger partial charge is 0.292 e. The van der Waals surface area contributed by atoms with Gasteiger partial charge in [0.15, 0.2) is 5.78 Å². The van der Waals surface area contributed by atoms with E-state index in [0.29, 0.717) is 11.5 Å². The van der Waals surface area contributed by atoms with Crippen LogP contribution in [0, 0.1) is 11.3 Å². The Kier molecular flexibility index (Phi) is 4.17. The van der Waals surface area contributed by atoms with E-state index in [1.54, 1.807) is 6.07 Å². The second kappa shape index (κ2) is 5.95. The molecule has 2 aliphatic rings. The molecule has 22 heavy (non-hydrogen) atoms. The molecule has 2 heterocycles. The van der Waals surface area contributed by atoms with Crippen LogP contribution in [0.5, 0.6) is 0 Å². The first kappa shape index (κ1) is 15.4. The number of carbonyl (C=O) groups is 2. The number of amides is 1. The number of hydrogen-bond acceptors (Lipinski definition) is 4. The molecule has 0 saturated heterocycles. The molecule has 5 heteroatoms. The summed E-state index contributed by atoms with van der Waals surface area (Å²) in [4.78, 5) is 25.1. The highest BCUT2D eigenvalue weighted by Gasteiger charge is 2.50. The van der Waals surface area contributed by atoms with Crippen molar-refractivity contribution in [2.45, 2.75) is 46.0 Å². The van der Waals surface area contributed by atoms with Crippen LogP contribution in [0.4, 0.5) is 0 Å². The van der Waals surface area contributed by atoms with Crippen LogP contribution in [-0.4, -0.2) is 29.0 Å². The first-order valence-electron chi connectivity index (χ1n) is 7.96. The Morgan fingerprint density at radius 2 is 2.14 bits per heavy atom. The fourth-order valence-electron chi connectivity index (χ4n) is 3.66. The third-order valence-corrected chi connectivity index (χ3v) is 5.94. The maximum Gasteiger partial charge on any atom is 0.255 e. The van der Waals surface area contributed by atoms with E-state index in [2.05, 4.69) is 5.10 Å². The van der Waals surface area contributed by atoms with E-state index in [-0.39, 0.29) is 18.2 Å². The molecule has 1 saturated carbocycles. The molecule has 0 aromatic carbocycles. The second-order valence-electron chi connectivity index (χ2n) is 6.52. The lowest BCUT2D eigenvalue weighted by atomic mass is 9.67. The van der Waals surface area contributed by atoms with E-state index >= 15 is 0 Å². The lowest BCUT2D eigenvalue weighted by Crippen LogP contribution is -2.44. The van der Waals surface area contributed by atoms with Gasteiger partial charge in [0.2, 0.25) is 0 Å². The van der Waals surface area contributed by atoms with E-state index in [0.717, 1.165) is 18.6 Å². The van der Waals surface area contributed by atoms with Gasteiger partial charge < -0.3 is 0 Å². The van der Waals surface area contributed by atoms with Gasteiger partial charge in [-0.2, -0.15) is 16.4 Å². The summed E-state index contributed by atoms with van der Waals surface area (Å²) in [7, 11) is 0. The lowest BCUT2D eigenvalue weighted by Gasteiger charge is -2.35. The summed E-state index contributed by atoms with van der Waals surface area (Å²) in [5.41, 5.74) is 1.01. The molecule has 1 atom stereocenters. The Balaban J connectivity index is 1.76. The SMILES string of the molecule is CC1=NN(CC(=O)c2ccsc2)C(=O)C1(C)C1CCCCC1. The van der Waals surface area contributed by atoms with Crippen LogP contribution < -0.4 is 0 Å². The van der Waals surface area contributed by atoms with Crippen LogP contribution in [0.2, 0.25) is 0 Å². The van der Waals surface area contributed by atoms with Gasteiger partial charge in [0.25, 0.3) is 5.91 Å². The number of ketones is 1. The summed E-state index contributed by atoms with van der Waals surface area (Å²) in [6, 6.07) is 1.80. The average Bonchev–Trinajstić information content (AvgIpc) is 3.13. The number of thiophene rings is 1. The third kappa shape index (κ3) is 2.51. The predicted molar refractivity (Wildman–Crippen MR) is 88.2 cm³/mol. The molecule has 0 spiro atoms. The van der Waals surface area contributed by atoms with Gasteiger partial charge in [0.05, 0.1) is 11.1 Å². The van der Waals surface area contributed by atoms with Crippen molar-refractivity contribution in [3.05, 3.63) is 22.4 Å². The molecule has 1 unspecified atom stereocenters. The first-order chi connectivity index (χ1) is 10.5. The molecule has 1 aliphatic heterocycles. The summed E-state index contributed by atoms with van der Waals surface area (Å²) >= 11 is 1.49. The van der Waals surface area contributed by atoms with Crippen molar-refractivity contribution in [1.82, 2.24) is 5.01 Å². The normalized spacial score (nSPS) is 26.4. The minimum Gasteiger partial charge on any atom is -0.292 e. The summed E-state index contributed by atoms with van der Waals surface area (Å²) in [5, 5.41) is 9.52. The molecule has 118 valence electrons. The molecule has 1 amide bonds. The van der Waals surface area contributed by atoms with E-state index in [9.17, 15) is 9.59 Å². The topological polar surface area (TPSA) is 49.7 Å². The van der Waals surface area contributed by atoms with Crippen molar-refractivity contribution in [3.63, 3.8) is 0 Å². The van der Waals surface area contributed by atoms with E-state index < -0.39 is 5.41 Å². The number of carbonyl (C=O) groups excluding carboxylic acids is 2. The molecule has 4 nitrogen and oxygen atoms in total. The maximum atomic E-state index is 12.9. The molecule has 1 aliphatic carbocycles. The van der Waals surface area contributed by atoms with Gasteiger partial charge in [0.1, 0.15) is 6.54 Å². The van der Waals surface area contributed by atoms with Crippen molar-refractivity contribution in [2.75, 3.05) is 6.54 Å². The van der Waals surface area contributed by atoms with Crippen molar-refractivity contribution in [1.29, 1.82) is 0 Å². The monoisotopic (exact) mass is 318 g/mol. The Morgan fingerprint density at radius 1 is 1.41 bits per heavy atom. The summed E-state index contributed by atoms with van der Waals surface area (Å²) in [5.74, 6) is 0.318. The Morgan fingerprint density at radius 3 is 2.77 bits per heavy atom. The van der Waals surface area contributed by atoms with Crippen molar-refractivity contribution in [2.24, 2.45) is 16.4 Å². The van der Waals surface area contributed by atoms with Gasteiger partial charge in [-0.25, -0.2) is 5.01 Å². The highest BCUT2D eigenvalue weighted by molar-refractivity contribution is 7.08. The predicted octanol–water partition coefficient (Wildman–Crippen LogP) is 3.74. The zero-order chi connectivity index (χ0) is 15.7. The number of Topliss-reactive ketones (excluding diaryl/α,β-unsaturated/α-hetero) is 1. The highest BCUT2D eigenvalue weighted by atomic mass is 32.1. The Bertz CT molecular complexity index is 602. The van der Waals surface area contributed by atoms with Gasteiger partial charge >= 0.3 is 0 Å². The van der Waals surface area contributed by atoms with Crippen molar-refractivity contribution >= 4 is 28.7 Å². The van der Waals surface area contributed by atoms with Crippen LogP contribution >= 0.6 is 11.3 Å². The Hall–Kier alpha value is -1.49. The Labute approximate surface area is 135 Å². The minimum atomic E-state index is -0.519. The average molecular weight is 318 g/mol. The second-order valence-corrected chi connectivity index (χ2v) is 7.30. The number of rotatable bonds is 4. The fourth-order valence-corrected chi connectivity index (χ4v) is 4.32. The van der Waals surface area contributed by atoms with Crippen LogP contribution in [0.25, 0.3) is 0 Å². The molecule has 1 fully saturated rings. The van der Waals surface area contributed by atoms with Crippen molar-refractivity contribution < 1.29 is 9.59 Å². The first-order valence-corrected chi connectivity index (χ1v) is 8.91. The summed E-state index contributed by atoms with van der Waals surface area (Å²) in [6.07, 6.45) is 5.81. The zero-order valence-electron chi connectivity index (χ0n) is 13.2. The van der Waals surface area contributed by atoms with Crippen LogP contribution in [0.3, 0.4) is 0 Å². The van der Waals surface area contributed by atoms with Crippen LogP contribution in [-0.2, 0) is 4.79 Å². The maximum absolute atomic E-state index is 12.9. The summed E-state index contributed by atoms with van der Waals surface area (Å²) < 4.78 is 0. The standard InChI is InChI=1S/C17H22N2O2S/c1-12-17(2,14-6-4-3-5-7-14)16(21)19(18-12)10-15(20)13-8-9-22-11-13/h8-9,11,14H,3-7,10H2,1-2H3. The smallest absolute Gasteiger partial charge is 0.255 e. The van der Waals surface area contributed by atoms with Gasteiger partial charge in [-0.1, -0.05) is 19.3 Å².